The van der Waals surface area contributed by atoms with Crippen molar-refractivity contribution < 1.29 is 14.6 Å². The van der Waals surface area contributed by atoms with Crippen LogP contribution in [0.25, 0.3) is 0 Å². The molecule has 1 aliphatic heterocycles. The number of nitrogens with zero attached hydrogens (tertiary/aromatic N) is 1. The van der Waals surface area contributed by atoms with Crippen molar-refractivity contribution in [2.75, 3.05) is 39.5 Å². The van der Waals surface area contributed by atoms with Crippen LogP contribution in [-0.2, 0) is 9.53 Å². The van der Waals surface area contributed by atoms with Crippen LogP contribution in [0.3, 0.4) is 0 Å². The molecule has 1 rings (SSSR count). The second-order valence-corrected chi connectivity index (χ2v) is 4.65. The molecule has 0 aromatic carbocycles. The Morgan fingerprint density at radius 1 is 1.47 bits per heavy atom. The van der Waals surface area contributed by atoms with E-state index in [1.54, 1.807) is 0 Å². The quantitative estimate of drug-likeness (QED) is 0.588. The third kappa shape index (κ3) is 6.61. The molecule has 1 saturated heterocycles. The van der Waals surface area contributed by atoms with Gasteiger partial charge in [0.1, 0.15) is 0 Å². The third-order valence-corrected chi connectivity index (χ3v) is 3.19. The van der Waals surface area contributed by atoms with Gasteiger partial charge in [-0.25, -0.2) is 0 Å². The average molecular weight is 244 g/mol. The van der Waals surface area contributed by atoms with Crippen LogP contribution in [0.15, 0.2) is 0 Å². The fraction of sp³-hybridized carbons (Fsp3) is 0.917. The number of hydrogen-bond acceptors (Lipinski definition) is 4. The van der Waals surface area contributed by atoms with Crippen LogP contribution in [0.2, 0.25) is 0 Å². The topological polar surface area (TPSA) is 75.8 Å². The number of nitrogens with two attached hydrogens (primary N) is 1. The van der Waals surface area contributed by atoms with Crippen LogP contribution in [0.4, 0.5) is 0 Å². The van der Waals surface area contributed by atoms with Gasteiger partial charge in [0.15, 0.2) is 0 Å². The molecule has 0 aliphatic carbocycles. The molecular formula is C12H24N2O3. The SMILES string of the molecule is NC(=O)CCC1CCCN(CCOCCO)C1. The molecule has 0 radical (unpaired) electrons. The normalized spacial score (nSPS) is 21.6. The summed E-state index contributed by atoms with van der Waals surface area (Å²) in [5, 5.41) is 8.58. The molecule has 0 aromatic heterocycles. The van der Waals surface area contributed by atoms with Crippen LogP contribution < -0.4 is 5.73 Å². The Morgan fingerprint density at radius 2 is 2.29 bits per heavy atom. The van der Waals surface area contributed by atoms with E-state index < -0.39 is 0 Å². The minimum Gasteiger partial charge on any atom is -0.394 e. The number of ether oxygens (including phenoxy) is 1. The molecule has 100 valence electrons. The summed E-state index contributed by atoms with van der Waals surface area (Å²) >= 11 is 0. The van der Waals surface area contributed by atoms with Gasteiger partial charge in [-0.3, -0.25) is 4.79 Å². The molecule has 0 saturated carbocycles. The van der Waals surface area contributed by atoms with Crippen molar-refractivity contribution in [2.24, 2.45) is 11.7 Å². The van der Waals surface area contributed by atoms with Crippen molar-refractivity contribution >= 4 is 5.91 Å². The van der Waals surface area contributed by atoms with Crippen molar-refractivity contribution in [2.45, 2.75) is 25.7 Å². The Hall–Kier alpha value is -0.650. The number of piperidine rings is 1. The van der Waals surface area contributed by atoms with Gasteiger partial charge < -0.3 is 20.5 Å². The minimum atomic E-state index is -0.201. The van der Waals surface area contributed by atoms with Crippen LogP contribution in [0.5, 0.6) is 0 Å². The summed E-state index contributed by atoms with van der Waals surface area (Å²) in [4.78, 5) is 13.1. The van der Waals surface area contributed by atoms with Gasteiger partial charge in [0.25, 0.3) is 0 Å². The van der Waals surface area contributed by atoms with E-state index >= 15 is 0 Å². The maximum absolute atomic E-state index is 10.7. The van der Waals surface area contributed by atoms with Crippen LogP contribution >= 0.6 is 0 Å². The van der Waals surface area contributed by atoms with Crippen LogP contribution in [-0.4, -0.2) is 55.4 Å². The van der Waals surface area contributed by atoms with Gasteiger partial charge in [-0.05, 0) is 31.7 Å². The Morgan fingerprint density at radius 3 is 3.00 bits per heavy atom. The highest BCUT2D eigenvalue weighted by atomic mass is 16.5. The zero-order valence-corrected chi connectivity index (χ0v) is 10.4. The van der Waals surface area contributed by atoms with E-state index in [1.165, 1.54) is 12.8 Å². The van der Waals surface area contributed by atoms with E-state index in [2.05, 4.69) is 4.90 Å². The summed E-state index contributed by atoms with van der Waals surface area (Å²) in [5.41, 5.74) is 5.16. The van der Waals surface area contributed by atoms with Gasteiger partial charge >= 0.3 is 0 Å². The maximum atomic E-state index is 10.7. The second kappa shape index (κ2) is 8.44. The zero-order valence-electron chi connectivity index (χ0n) is 10.4. The van der Waals surface area contributed by atoms with Gasteiger partial charge in [0.2, 0.25) is 5.91 Å². The number of aliphatic hydroxyl groups excluding tert-OH is 1. The second-order valence-electron chi connectivity index (χ2n) is 4.65. The predicted molar refractivity (Wildman–Crippen MR) is 65.5 cm³/mol. The fourth-order valence-electron chi connectivity index (χ4n) is 2.30. The number of aliphatic hydroxyl groups is 1. The Balaban J connectivity index is 2.12. The lowest BCUT2D eigenvalue weighted by molar-refractivity contribution is -0.118. The highest BCUT2D eigenvalue weighted by Gasteiger charge is 2.19. The monoisotopic (exact) mass is 244 g/mol. The number of carbonyl (C=O) groups is 1. The molecule has 0 bridgehead atoms. The summed E-state index contributed by atoms with van der Waals surface area (Å²) in [7, 11) is 0. The number of carbonyl (C=O) groups excluding carboxylic acids is 1. The van der Waals surface area contributed by atoms with E-state index in [0.29, 0.717) is 25.6 Å². The Bertz CT molecular complexity index is 224. The van der Waals surface area contributed by atoms with Gasteiger partial charge in [0.05, 0.1) is 19.8 Å². The molecule has 1 heterocycles. The molecule has 3 N–H and O–H groups in total. The van der Waals surface area contributed by atoms with Crippen molar-refractivity contribution in [3.63, 3.8) is 0 Å². The van der Waals surface area contributed by atoms with Gasteiger partial charge in [-0.15, -0.1) is 0 Å². The molecule has 0 spiro atoms. The summed E-state index contributed by atoms with van der Waals surface area (Å²) in [6, 6.07) is 0. The number of rotatable bonds is 8. The van der Waals surface area contributed by atoms with E-state index in [4.69, 9.17) is 15.6 Å². The lowest BCUT2D eigenvalue weighted by atomic mass is 9.93. The predicted octanol–water partition coefficient (Wildman–Crippen LogP) is -0.0272. The molecular weight excluding hydrogens is 220 g/mol. The van der Waals surface area contributed by atoms with Gasteiger partial charge in [-0.2, -0.15) is 0 Å². The lowest BCUT2D eigenvalue weighted by Crippen LogP contribution is -2.38. The van der Waals surface area contributed by atoms with E-state index in [0.717, 1.165) is 26.1 Å². The number of hydrogen-bond donors (Lipinski definition) is 2. The van der Waals surface area contributed by atoms with Crippen LogP contribution in [0, 0.1) is 5.92 Å². The van der Waals surface area contributed by atoms with E-state index in [-0.39, 0.29) is 12.5 Å². The van der Waals surface area contributed by atoms with E-state index in [9.17, 15) is 4.79 Å². The van der Waals surface area contributed by atoms with Crippen molar-refractivity contribution in [3.8, 4) is 0 Å². The molecule has 1 unspecified atom stereocenters. The third-order valence-electron chi connectivity index (χ3n) is 3.19. The van der Waals surface area contributed by atoms with Crippen molar-refractivity contribution in [1.82, 2.24) is 4.90 Å². The highest BCUT2D eigenvalue weighted by molar-refractivity contribution is 5.73. The average Bonchev–Trinajstić information content (AvgIpc) is 2.33. The zero-order chi connectivity index (χ0) is 12.5. The fourth-order valence-corrected chi connectivity index (χ4v) is 2.30. The number of amides is 1. The molecule has 5 heteroatoms. The lowest BCUT2D eigenvalue weighted by Gasteiger charge is -2.32. The molecule has 17 heavy (non-hydrogen) atoms. The van der Waals surface area contributed by atoms with Crippen molar-refractivity contribution in [1.29, 1.82) is 0 Å². The first-order valence-electron chi connectivity index (χ1n) is 6.41. The largest absolute Gasteiger partial charge is 0.394 e. The highest BCUT2D eigenvalue weighted by Crippen LogP contribution is 2.20. The first-order valence-corrected chi connectivity index (χ1v) is 6.41. The van der Waals surface area contributed by atoms with Gasteiger partial charge in [-0.1, -0.05) is 0 Å². The molecule has 1 aliphatic rings. The minimum absolute atomic E-state index is 0.0846. The van der Waals surface area contributed by atoms with Gasteiger partial charge in [0, 0.05) is 19.5 Å². The standard InChI is InChI=1S/C12H24N2O3/c13-12(16)4-3-11-2-1-5-14(10-11)6-8-17-9-7-15/h11,15H,1-10H2,(H2,13,16). The van der Waals surface area contributed by atoms with E-state index in [1.807, 2.05) is 0 Å². The summed E-state index contributed by atoms with van der Waals surface area (Å²) < 4.78 is 5.25. The maximum Gasteiger partial charge on any atom is 0.217 e. The number of primary amides is 1. The molecule has 1 fully saturated rings. The summed E-state index contributed by atoms with van der Waals surface area (Å²) in [6.07, 6.45) is 3.79. The number of likely N-dealkylation sites (tertiary alicyclic amines) is 1. The smallest absolute Gasteiger partial charge is 0.217 e. The molecule has 0 aromatic rings. The first kappa shape index (κ1) is 14.4. The molecule has 1 atom stereocenters. The molecule has 5 nitrogen and oxygen atoms in total. The van der Waals surface area contributed by atoms with Crippen LogP contribution in [0.1, 0.15) is 25.7 Å². The van der Waals surface area contributed by atoms with Crippen molar-refractivity contribution in [3.05, 3.63) is 0 Å². The Kier molecular flexibility index (Phi) is 7.16. The summed E-state index contributed by atoms with van der Waals surface area (Å²) in [6.45, 7) is 4.22. The molecule has 1 amide bonds. The first-order chi connectivity index (χ1) is 8.22. The summed E-state index contributed by atoms with van der Waals surface area (Å²) in [5.74, 6) is 0.391. The Labute approximate surface area is 103 Å².